The number of nitrogens with zero attached hydrogens (tertiary/aromatic N) is 2. The Morgan fingerprint density at radius 1 is 1.75 bits per heavy atom. The van der Waals surface area contributed by atoms with Crippen LogP contribution in [-0.2, 0) is 0 Å². The van der Waals surface area contributed by atoms with E-state index < -0.39 is 0 Å². The summed E-state index contributed by atoms with van der Waals surface area (Å²) in [7, 11) is 0. The van der Waals surface area contributed by atoms with Crippen molar-refractivity contribution in [2.24, 2.45) is 15.7 Å². The standard InChI is InChI=1S/C5H9N3/c1-3-5(6)8-4-7-2/h3-4H,2,6H2,1H3/b5-3-,8-4?. The van der Waals surface area contributed by atoms with Gasteiger partial charge in [0, 0.05) is 0 Å². The predicted octanol–water partition coefficient (Wildman–Crippen LogP) is 0.535. The molecule has 0 aromatic carbocycles. The highest BCUT2D eigenvalue weighted by molar-refractivity contribution is 5.63. The Kier molecular flexibility index (Phi) is 3.48. The highest BCUT2D eigenvalue weighted by Gasteiger charge is 1.72. The van der Waals surface area contributed by atoms with Crippen LogP contribution in [0.2, 0.25) is 0 Å². The molecule has 2 N–H and O–H groups in total. The lowest BCUT2D eigenvalue weighted by Crippen LogP contribution is -1.91. The molecule has 44 valence electrons. The average Bonchev–Trinajstić information content (AvgIpc) is 1.83. The first-order valence-electron chi connectivity index (χ1n) is 2.21. The molecule has 8 heavy (non-hydrogen) atoms. The molecule has 0 aromatic heterocycles. The van der Waals surface area contributed by atoms with Crippen LogP contribution in [-0.4, -0.2) is 13.1 Å². The first kappa shape index (κ1) is 6.88. The summed E-state index contributed by atoms with van der Waals surface area (Å²) in [4.78, 5) is 7.01. The fraction of sp³-hybridized carbons (Fsp3) is 0.200. The van der Waals surface area contributed by atoms with Crippen molar-refractivity contribution in [3.63, 3.8) is 0 Å². The van der Waals surface area contributed by atoms with Crippen molar-refractivity contribution in [2.75, 3.05) is 0 Å². The molecule has 0 rings (SSSR count). The fourth-order valence-corrected chi connectivity index (χ4v) is 0.182. The molecule has 3 heteroatoms. The van der Waals surface area contributed by atoms with Crippen LogP contribution in [0.4, 0.5) is 0 Å². The monoisotopic (exact) mass is 111 g/mol. The van der Waals surface area contributed by atoms with E-state index in [9.17, 15) is 0 Å². The zero-order valence-corrected chi connectivity index (χ0v) is 4.83. The summed E-state index contributed by atoms with van der Waals surface area (Å²) in [5.74, 6) is 0.456. The molecule has 0 aromatic rings. The third kappa shape index (κ3) is 3.08. The molecule has 0 saturated carbocycles. The topological polar surface area (TPSA) is 50.7 Å². The molecule has 0 aliphatic carbocycles. The SMILES string of the molecule is C=NC=N/C(N)=C\C. The van der Waals surface area contributed by atoms with Gasteiger partial charge in [-0.2, -0.15) is 0 Å². The van der Waals surface area contributed by atoms with Crippen molar-refractivity contribution < 1.29 is 0 Å². The zero-order valence-electron chi connectivity index (χ0n) is 4.83. The summed E-state index contributed by atoms with van der Waals surface area (Å²) in [6.07, 6.45) is 2.98. The average molecular weight is 111 g/mol. The molecule has 0 radical (unpaired) electrons. The number of allylic oxidation sites excluding steroid dienone is 1. The van der Waals surface area contributed by atoms with E-state index in [1.165, 1.54) is 6.34 Å². The number of hydrogen-bond acceptors (Lipinski definition) is 2. The van der Waals surface area contributed by atoms with Crippen molar-refractivity contribution in [1.29, 1.82) is 0 Å². The van der Waals surface area contributed by atoms with Crippen LogP contribution >= 0.6 is 0 Å². The second kappa shape index (κ2) is 4.05. The third-order valence-electron chi connectivity index (χ3n) is 0.584. The van der Waals surface area contributed by atoms with Crippen LogP contribution in [0, 0.1) is 0 Å². The lowest BCUT2D eigenvalue weighted by molar-refractivity contribution is 1.23. The number of nitrogens with two attached hydrogens (primary N) is 1. The van der Waals surface area contributed by atoms with Crippen molar-refractivity contribution in [3.05, 3.63) is 11.9 Å². The molecule has 0 atom stereocenters. The molecule has 0 aliphatic rings. The van der Waals surface area contributed by atoms with Crippen LogP contribution in [0.5, 0.6) is 0 Å². The molecule has 0 unspecified atom stereocenters. The Morgan fingerprint density at radius 2 is 2.38 bits per heavy atom. The normalized spacial score (nSPS) is 12.4. The van der Waals surface area contributed by atoms with Gasteiger partial charge in [0.15, 0.2) is 0 Å². The van der Waals surface area contributed by atoms with Gasteiger partial charge in [0.25, 0.3) is 0 Å². The van der Waals surface area contributed by atoms with Crippen molar-refractivity contribution in [3.8, 4) is 0 Å². The van der Waals surface area contributed by atoms with Gasteiger partial charge in [-0.3, -0.25) is 4.99 Å². The first-order chi connectivity index (χ1) is 3.81. The van der Waals surface area contributed by atoms with E-state index in [4.69, 9.17) is 5.73 Å². The summed E-state index contributed by atoms with van der Waals surface area (Å²) in [6, 6.07) is 0. The molecule has 0 fully saturated rings. The Balaban J connectivity index is 3.69. The van der Waals surface area contributed by atoms with Gasteiger partial charge in [0.2, 0.25) is 0 Å². The summed E-state index contributed by atoms with van der Waals surface area (Å²) in [6.45, 7) is 4.99. The largest absolute Gasteiger partial charge is 0.384 e. The van der Waals surface area contributed by atoms with E-state index in [2.05, 4.69) is 16.7 Å². The predicted molar refractivity (Wildman–Crippen MR) is 36.0 cm³/mol. The lowest BCUT2D eigenvalue weighted by Gasteiger charge is -1.83. The van der Waals surface area contributed by atoms with Crippen LogP contribution < -0.4 is 5.73 Å². The van der Waals surface area contributed by atoms with Crippen molar-refractivity contribution >= 4 is 13.1 Å². The maximum atomic E-state index is 5.23. The number of hydrogen-bond donors (Lipinski definition) is 1. The Bertz CT molecular complexity index is 124. The quantitative estimate of drug-likeness (QED) is 0.410. The molecule has 0 bridgehead atoms. The summed E-state index contributed by atoms with van der Waals surface area (Å²) in [5, 5.41) is 0. The molecule has 3 nitrogen and oxygen atoms in total. The minimum Gasteiger partial charge on any atom is -0.384 e. The van der Waals surface area contributed by atoms with Gasteiger partial charge in [-0.1, -0.05) is 0 Å². The maximum absolute atomic E-state index is 5.23. The molecule has 0 aliphatic heterocycles. The van der Waals surface area contributed by atoms with Crippen LogP contribution in [0.1, 0.15) is 6.92 Å². The highest BCUT2D eigenvalue weighted by atomic mass is 14.9. The van der Waals surface area contributed by atoms with Gasteiger partial charge in [-0.25, -0.2) is 4.99 Å². The van der Waals surface area contributed by atoms with Gasteiger partial charge < -0.3 is 5.73 Å². The van der Waals surface area contributed by atoms with Crippen LogP contribution in [0.3, 0.4) is 0 Å². The summed E-state index contributed by atoms with van der Waals surface area (Å²) in [5.41, 5.74) is 5.23. The number of rotatable bonds is 2. The smallest absolute Gasteiger partial charge is 0.120 e. The second-order valence-electron chi connectivity index (χ2n) is 1.14. The third-order valence-corrected chi connectivity index (χ3v) is 0.584. The summed E-state index contributed by atoms with van der Waals surface area (Å²) < 4.78 is 0. The molecule has 0 saturated heterocycles. The van der Waals surface area contributed by atoms with E-state index in [0.29, 0.717) is 5.82 Å². The minimum absolute atomic E-state index is 0.456. The van der Waals surface area contributed by atoms with Crippen molar-refractivity contribution in [2.45, 2.75) is 6.92 Å². The lowest BCUT2D eigenvalue weighted by atomic mass is 10.6. The van der Waals surface area contributed by atoms with E-state index in [0.717, 1.165) is 0 Å². The molecule has 0 heterocycles. The molecule has 0 amide bonds. The Labute approximate surface area is 48.6 Å². The van der Waals surface area contributed by atoms with E-state index in [1.807, 2.05) is 0 Å². The second-order valence-corrected chi connectivity index (χ2v) is 1.14. The van der Waals surface area contributed by atoms with Crippen molar-refractivity contribution in [1.82, 2.24) is 0 Å². The fourth-order valence-electron chi connectivity index (χ4n) is 0.182. The van der Waals surface area contributed by atoms with Crippen LogP contribution in [0.25, 0.3) is 0 Å². The first-order valence-corrected chi connectivity index (χ1v) is 2.21. The van der Waals surface area contributed by atoms with Gasteiger partial charge in [-0.05, 0) is 19.7 Å². The van der Waals surface area contributed by atoms with Gasteiger partial charge in [0.1, 0.15) is 12.2 Å². The molecular weight excluding hydrogens is 102 g/mol. The Hall–Kier alpha value is -1.12. The van der Waals surface area contributed by atoms with E-state index in [-0.39, 0.29) is 0 Å². The zero-order chi connectivity index (χ0) is 6.41. The van der Waals surface area contributed by atoms with Gasteiger partial charge in [0.05, 0.1) is 0 Å². The molecule has 0 spiro atoms. The number of aliphatic imine (C=N–C) groups is 2. The Morgan fingerprint density at radius 3 is 2.75 bits per heavy atom. The minimum atomic E-state index is 0.456. The van der Waals surface area contributed by atoms with Gasteiger partial charge >= 0.3 is 0 Å². The van der Waals surface area contributed by atoms with Gasteiger partial charge in [-0.15, -0.1) is 0 Å². The summed E-state index contributed by atoms with van der Waals surface area (Å²) >= 11 is 0. The maximum Gasteiger partial charge on any atom is 0.120 e. The van der Waals surface area contributed by atoms with E-state index >= 15 is 0 Å². The van der Waals surface area contributed by atoms with Crippen LogP contribution in [0.15, 0.2) is 21.9 Å². The molecular formula is C5H9N3. The van der Waals surface area contributed by atoms with E-state index in [1.54, 1.807) is 13.0 Å². The highest BCUT2D eigenvalue weighted by Crippen LogP contribution is 1.80.